The van der Waals surface area contributed by atoms with Crippen LogP contribution in [-0.4, -0.2) is 29.4 Å². The van der Waals surface area contributed by atoms with E-state index in [-0.39, 0.29) is 36.0 Å². The van der Waals surface area contributed by atoms with Gasteiger partial charge in [0.15, 0.2) is 0 Å². The SMILES string of the molecule is CCCCCCCCCCCCCCCCCC(CC(C)O)S(=O)(=O)[O-].[Na+]. The summed E-state index contributed by atoms with van der Waals surface area (Å²) in [5.74, 6) is 0. The van der Waals surface area contributed by atoms with Crippen molar-refractivity contribution in [3.8, 4) is 0 Å². The maximum Gasteiger partial charge on any atom is 1.00 e. The average molecular weight is 415 g/mol. The molecule has 0 saturated heterocycles. The number of unbranched alkanes of at least 4 members (excludes halogenated alkanes) is 14. The molecule has 0 radical (unpaired) electrons. The van der Waals surface area contributed by atoms with Crippen LogP contribution in [0, 0.1) is 0 Å². The fourth-order valence-electron chi connectivity index (χ4n) is 3.50. The monoisotopic (exact) mass is 414 g/mol. The molecule has 0 bridgehead atoms. The van der Waals surface area contributed by atoms with E-state index < -0.39 is 21.5 Å². The Kier molecular flexibility index (Phi) is 22.4. The van der Waals surface area contributed by atoms with Crippen LogP contribution in [0.4, 0.5) is 0 Å². The predicted octanol–water partition coefficient (Wildman–Crippen LogP) is 2.94. The van der Waals surface area contributed by atoms with Gasteiger partial charge in [-0.15, -0.1) is 0 Å². The van der Waals surface area contributed by atoms with Gasteiger partial charge in [0, 0.05) is 0 Å². The van der Waals surface area contributed by atoms with Gasteiger partial charge in [-0.25, -0.2) is 8.42 Å². The van der Waals surface area contributed by atoms with Crippen LogP contribution in [0.15, 0.2) is 0 Å². The summed E-state index contributed by atoms with van der Waals surface area (Å²) in [5.41, 5.74) is 0. The zero-order chi connectivity index (χ0) is 19.7. The Balaban J connectivity index is 0. The summed E-state index contributed by atoms with van der Waals surface area (Å²) in [5, 5.41) is 8.38. The molecule has 1 N–H and O–H groups in total. The number of hydrogen-bond acceptors (Lipinski definition) is 4. The number of aliphatic hydroxyl groups is 1. The Labute approximate surface area is 191 Å². The Hall–Kier alpha value is 0.870. The minimum atomic E-state index is -4.29. The Morgan fingerprint density at radius 1 is 0.741 bits per heavy atom. The first-order valence-electron chi connectivity index (χ1n) is 11.0. The van der Waals surface area contributed by atoms with Gasteiger partial charge in [-0.3, -0.25) is 0 Å². The average Bonchev–Trinajstić information content (AvgIpc) is 2.56. The molecule has 6 heteroatoms. The van der Waals surface area contributed by atoms with E-state index in [2.05, 4.69) is 6.92 Å². The minimum absolute atomic E-state index is 0. The summed E-state index contributed by atoms with van der Waals surface area (Å²) >= 11 is 0. The minimum Gasteiger partial charge on any atom is -0.748 e. The summed E-state index contributed by atoms with van der Waals surface area (Å²) in [7, 11) is -4.29. The summed E-state index contributed by atoms with van der Waals surface area (Å²) in [4.78, 5) is 0. The summed E-state index contributed by atoms with van der Waals surface area (Å²) in [6.45, 7) is 3.79. The molecule has 0 aliphatic rings. The van der Waals surface area contributed by atoms with E-state index >= 15 is 0 Å². The van der Waals surface area contributed by atoms with E-state index in [1.807, 2.05) is 0 Å². The van der Waals surface area contributed by atoms with Gasteiger partial charge in [0.2, 0.25) is 0 Å². The second-order valence-electron chi connectivity index (χ2n) is 7.94. The first kappa shape index (κ1) is 30.1. The van der Waals surface area contributed by atoms with E-state index in [1.165, 1.54) is 84.0 Å². The van der Waals surface area contributed by atoms with Gasteiger partial charge in [0.1, 0.15) is 0 Å². The summed E-state index contributed by atoms with van der Waals surface area (Å²) in [6, 6.07) is 0. The van der Waals surface area contributed by atoms with Crippen molar-refractivity contribution < 1.29 is 47.6 Å². The smallest absolute Gasteiger partial charge is 0.748 e. The van der Waals surface area contributed by atoms with Crippen LogP contribution in [0.1, 0.15) is 123 Å². The fourth-order valence-corrected chi connectivity index (χ4v) is 4.47. The fraction of sp³-hybridized carbons (Fsp3) is 1.00. The van der Waals surface area contributed by atoms with Crippen molar-refractivity contribution in [2.45, 2.75) is 134 Å². The summed E-state index contributed by atoms with van der Waals surface area (Å²) < 4.78 is 33.5. The largest absolute Gasteiger partial charge is 1.00 e. The van der Waals surface area contributed by atoms with Crippen molar-refractivity contribution >= 4 is 10.1 Å². The first-order chi connectivity index (χ1) is 12.4. The molecule has 2 atom stereocenters. The molecular formula is C21H43NaO4S. The molecule has 0 heterocycles. The van der Waals surface area contributed by atoms with E-state index in [0.717, 1.165) is 19.3 Å². The van der Waals surface area contributed by atoms with Crippen molar-refractivity contribution in [1.82, 2.24) is 0 Å². The van der Waals surface area contributed by atoms with E-state index in [9.17, 15) is 18.1 Å². The van der Waals surface area contributed by atoms with Crippen molar-refractivity contribution in [1.29, 1.82) is 0 Å². The van der Waals surface area contributed by atoms with Crippen LogP contribution in [0.3, 0.4) is 0 Å². The van der Waals surface area contributed by atoms with Crippen LogP contribution in [0.25, 0.3) is 0 Å². The molecule has 0 aromatic carbocycles. The molecule has 0 saturated carbocycles. The zero-order valence-electron chi connectivity index (χ0n) is 18.3. The van der Waals surface area contributed by atoms with Gasteiger partial charge >= 0.3 is 29.6 Å². The first-order valence-corrected chi connectivity index (χ1v) is 12.5. The quantitative estimate of drug-likeness (QED) is 0.200. The third-order valence-electron chi connectivity index (χ3n) is 5.14. The van der Waals surface area contributed by atoms with Gasteiger partial charge in [0.25, 0.3) is 0 Å². The van der Waals surface area contributed by atoms with Crippen LogP contribution in [0.5, 0.6) is 0 Å². The third-order valence-corrected chi connectivity index (χ3v) is 6.39. The molecule has 0 amide bonds. The number of hydrogen-bond donors (Lipinski definition) is 1. The molecule has 0 aliphatic heterocycles. The van der Waals surface area contributed by atoms with Crippen molar-refractivity contribution in [2.24, 2.45) is 0 Å². The topological polar surface area (TPSA) is 77.4 Å². The van der Waals surface area contributed by atoms with Gasteiger partial charge in [-0.05, 0) is 19.8 Å². The number of rotatable bonds is 19. The molecule has 158 valence electrons. The van der Waals surface area contributed by atoms with Crippen LogP contribution in [-0.2, 0) is 10.1 Å². The molecule has 0 aromatic rings. The van der Waals surface area contributed by atoms with Gasteiger partial charge < -0.3 is 9.66 Å². The maximum absolute atomic E-state index is 11.2. The molecule has 0 fully saturated rings. The zero-order valence-corrected chi connectivity index (χ0v) is 21.1. The summed E-state index contributed by atoms with van der Waals surface area (Å²) in [6.07, 6.45) is 18.7. The van der Waals surface area contributed by atoms with Crippen molar-refractivity contribution in [2.75, 3.05) is 0 Å². The Morgan fingerprint density at radius 3 is 1.37 bits per heavy atom. The van der Waals surface area contributed by atoms with Gasteiger partial charge in [-0.2, -0.15) is 0 Å². The van der Waals surface area contributed by atoms with Crippen LogP contribution >= 0.6 is 0 Å². The van der Waals surface area contributed by atoms with E-state index in [0.29, 0.717) is 6.42 Å². The van der Waals surface area contributed by atoms with Crippen LogP contribution < -0.4 is 29.6 Å². The maximum atomic E-state index is 11.2. The normalized spacial score (nSPS) is 13.9. The standard InChI is InChI=1S/C21H44O4S.Na/c1-3-4-5-6-7-8-9-10-11-12-13-14-15-16-17-18-21(19-20(2)22)26(23,24)25;/h20-22H,3-19H2,1-2H3,(H,23,24,25);/q;+1/p-1. The second-order valence-corrected chi connectivity index (χ2v) is 9.59. The van der Waals surface area contributed by atoms with Crippen LogP contribution in [0.2, 0.25) is 0 Å². The Morgan fingerprint density at radius 2 is 1.07 bits per heavy atom. The van der Waals surface area contributed by atoms with Gasteiger partial charge in [0.05, 0.1) is 21.5 Å². The third kappa shape index (κ3) is 21.4. The molecule has 4 nitrogen and oxygen atoms in total. The van der Waals surface area contributed by atoms with Crippen molar-refractivity contribution in [3.05, 3.63) is 0 Å². The Bertz CT molecular complexity index is 399. The molecule has 2 unspecified atom stereocenters. The molecule has 27 heavy (non-hydrogen) atoms. The molecular weight excluding hydrogens is 371 g/mol. The molecule has 0 spiro atoms. The van der Waals surface area contributed by atoms with Gasteiger partial charge in [-0.1, -0.05) is 103 Å². The molecule has 0 aromatic heterocycles. The van der Waals surface area contributed by atoms with E-state index in [4.69, 9.17) is 0 Å². The van der Waals surface area contributed by atoms with Crippen molar-refractivity contribution in [3.63, 3.8) is 0 Å². The van der Waals surface area contributed by atoms with E-state index in [1.54, 1.807) is 0 Å². The number of aliphatic hydroxyl groups excluding tert-OH is 1. The predicted molar refractivity (Wildman–Crippen MR) is 109 cm³/mol. The molecule has 0 rings (SSSR count). The second kappa shape index (κ2) is 20.2. The molecule has 0 aliphatic carbocycles.